The van der Waals surface area contributed by atoms with Crippen molar-refractivity contribution in [2.75, 3.05) is 13.2 Å². The standard InChI is InChI=1S/C14H20O3/c1-9-2-11-3-10(1)5-13(4-9,6-11)14-8-16-15-7-12(14)17-14/h9-12H,1-8H2/t9?,10?,11?,12-,13?,14+/m0/s1. The van der Waals surface area contributed by atoms with Crippen LogP contribution < -0.4 is 0 Å². The Kier molecular flexibility index (Phi) is 1.66. The summed E-state index contributed by atoms with van der Waals surface area (Å²) in [5, 5.41) is 0. The van der Waals surface area contributed by atoms with E-state index >= 15 is 0 Å². The smallest absolute Gasteiger partial charge is 0.129 e. The van der Waals surface area contributed by atoms with E-state index in [-0.39, 0.29) is 5.60 Å². The summed E-state index contributed by atoms with van der Waals surface area (Å²) >= 11 is 0. The van der Waals surface area contributed by atoms with E-state index in [4.69, 9.17) is 14.5 Å². The first-order valence-electron chi connectivity index (χ1n) is 7.22. The predicted octanol–water partition coefficient (Wildman–Crippen LogP) is 2.30. The van der Waals surface area contributed by atoms with Crippen LogP contribution >= 0.6 is 0 Å². The van der Waals surface area contributed by atoms with Gasteiger partial charge in [0.05, 0.1) is 0 Å². The Hall–Kier alpha value is -0.120. The summed E-state index contributed by atoms with van der Waals surface area (Å²) in [5.74, 6) is 2.97. The highest BCUT2D eigenvalue weighted by molar-refractivity contribution is 5.20. The second-order valence-electron chi connectivity index (χ2n) is 7.24. The molecule has 2 atom stereocenters. The van der Waals surface area contributed by atoms with Gasteiger partial charge in [-0.15, -0.1) is 0 Å². The summed E-state index contributed by atoms with van der Waals surface area (Å²) < 4.78 is 6.10. The number of ether oxygens (including phenoxy) is 1. The number of epoxide rings is 1. The van der Waals surface area contributed by atoms with Crippen LogP contribution in [-0.4, -0.2) is 24.9 Å². The molecule has 6 rings (SSSR count). The fourth-order valence-corrected chi connectivity index (χ4v) is 6.00. The number of rotatable bonds is 1. The van der Waals surface area contributed by atoms with Crippen molar-refractivity contribution in [3.05, 3.63) is 0 Å². The lowest BCUT2D eigenvalue weighted by molar-refractivity contribution is -0.322. The molecule has 3 heteroatoms. The van der Waals surface area contributed by atoms with E-state index in [1.54, 1.807) is 0 Å². The van der Waals surface area contributed by atoms with Gasteiger partial charge in [-0.05, 0) is 56.3 Å². The molecule has 4 bridgehead atoms. The van der Waals surface area contributed by atoms with E-state index in [9.17, 15) is 0 Å². The molecule has 17 heavy (non-hydrogen) atoms. The van der Waals surface area contributed by atoms with Gasteiger partial charge in [0.15, 0.2) is 0 Å². The molecule has 0 spiro atoms. The average Bonchev–Trinajstić information content (AvgIpc) is 3.03. The van der Waals surface area contributed by atoms with E-state index in [0.717, 1.165) is 17.8 Å². The van der Waals surface area contributed by atoms with Gasteiger partial charge in [0, 0.05) is 5.41 Å². The Labute approximate surface area is 102 Å². The van der Waals surface area contributed by atoms with Crippen LogP contribution in [0.2, 0.25) is 0 Å². The lowest BCUT2D eigenvalue weighted by atomic mass is 9.46. The molecule has 2 saturated heterocycles. The largest absolute Gasteiger partial charge is 0.360 e. The number of hydrogen-bond acceptors (Lipinski definition) is 3. The molecule has 2 heterocycles. The van der Waals surface area contributed by atoms with Crippen LogP contribution in [-0.2, 0) is 14.5 Å². The van der Waals surface area contributed by atoms with Crippen molar-refractivity contribution in [3.63, 3.8) is 0 Å². The summed E-state index contributed by atoms with van der Waals surface area (Å²) in [6, 6.07) is 0. The third-order valence-electron chi connectivity index (χ3n) is 6.33. The van der Waals surface area contributed by atoms with Crippen LogP contribution in [0.4, 0.5) is 0 Å². The predicted molar refractivity (Wildman–Crippen MR) is 60.1 cm³/mol. The van der Waals surface area contributed by atoms with Crippen molar-refractivity contribution in [3.8, 4) is 0 Å². The molecule has 0 N–H and O–H groups in total. The third-order valence-corrected chi connectivity index (χ3v) is 6.33. The zero-order valence-corrected chi connectivity index (χ0v) is 10.2. The Balaban J connectivity index is 1.54. The minimum Gasteiger partial charge on any atom is -0.360 e. The molecular weight excluding hydrogens is 216 g/mol. The van der Waals surface area contributed by atoms with Crippen molar-refractivity contribution >= 4 is 0 Å². The van der Waals surface area contributed by atoms with Gasteiger partial charge in [0.1, 0.15) is 24.9 Å². The van der Waals surface area contributed by atoms with Gasteiger partial charge >= 0.3 is 0 Å². The zero-order valence-electron chi connectivity index (χ0n) is 10.2. The number of hydrogen-bond donors (Lipinski definition) is 0. The van der Waals surface area contributed by atoms with Crippen LogP contribution in [0, 0.1) is 23.2 Å². The first-order chi connectivity index (χ1) is 8.30. The first kappa shape index (κ1) is 9.76. The highest BCUT2D eigenvalue weighted by Crippen LogP contribution is 2.69. The second-order valence-corrected chi connectivity index (χ2v) is 7.24. The molecule has 4 saturated carbocycles. The Bertz CT molecular complexity index is 331. The van der Waals surface area contributed by atoms with Crippen LogP contribution in [0.25, 0.3) is 0 Å². The molecule has 94 valence electrons. The molecule has 6 fully saturated rings. The van der Waals surface area contributed by atoms with E-state index in [1.165, 1.54) is 38.5 Å². The van der Waals surface area contributed by atoms with Crippen LogP contribution in [0.1, 0.15) is 38.5 Å². The average molecular weight is 236 g/mol. The second kappa shape index (κ2) is 2.89. The lowest BCUT2D eigenvalue weighted by Gasteiger charge is -2.59. The van der Waals surface area contributed by atoms with Gasteiger partial charge in [-0.2, -0.15) is 0 Å². The van der Waals surface area contributed by atoms with Gasteiger partial charge in [-0.1, -0.05) is 0 Å². The molecule has 0 aromatic heterocycles. The van der Waals surface area contributed by atoms with Crippen molar-refractivity contribution in [2.45, 2.75) is 50.2 Å². The van der Waals surface area contributed by atoms with E-state index in [1.807, 2.05) is 0 Å². The maximum absolute atomic E-state index is 6.10. The van der Waals surface area contributed by atoms with Crippen LogP contribution in [0.15, 0.2) is 0 Å². The Morgan fingerprint density at radius 3 is 2.06 bits per heavy atom. The Morgan fingerprint density at radius 1 is 0.824 bits per heavy atom. The molecule has 3 nitrogen and oxygen atoms in total. The minimum absolute atomic E-state index is 0.0568. The fourth-order valence-electron chi connectivity index (χ4n) is 6.00. The van der Waals surface area contributed by atoms with E-state index in [2.05, 4.69) is 0 Å². The summed E-state index contributed by atoms with van der Waals surface area (Å²) in [6.07, 6.45) is 9.04. The van der Waals surface area contributed by atoms with Gasteiger partial charge in [-0.3, -0.25) is 0 Å². The fraction of sp³-hybridized carbons (Fsp3) is 1.00. The maximum atomic E-state index is 6.10. The molecule has 0 unspecified atom stereocenters. The maximum Gasteiger partial charge on any atom is 0.129 e. The molecular formula is C14H20O3. The zero-order chi connectivity index (χ0) is 11.1. The van der Waals surface area contributed by atoms with Crippen LogP contribution in [0.3, 0.4) is 0 Å². The monoisotopic (exact) mass is 236 g/mol. The van der Waals surface area contributed by atoms with E-state index < -0.39 is 0 Å². The van der Waals surface area contributed by atoms with Gasteiger partial charge in [0.2, 0.25) is 0 Å². The molecule has 0 amide bonds. The summed E-state index contributed by atoms with van der Waals surface area (Å²) in [6.45, 7) is 1.34. The highest BCUT2D eigenvalue weighted by atomic mass is 17.2. The summed E-state index contributed by atoms with van der Waals surface area (Å²) in [4.78, 5) is 10.4. The number of fused-ring (bicyclic) bond motifs is 1. The van der Waals surface area contributed by atoms with Gasteiger partial charge in [-0.25, -0.2) is 9.78 Å². The quantitative estimate of drug-likeness (QED) is 0.517. The first-order valence-corrected chi connectivity index (χ1v) is 7.22. The molecule has 6 aliphatic rings. The van der Waals surface area contributed by atoms with Crippen molar-refractivity contribution in [2.24, 2.45) is 23.2 Å². The molecule has 2 aliphatic heterocycles. The molecule has 4 aliphatic carbocycles. The van der Waals surface area contributed by atoms with Crippen molar-refractivity contribution in [1.82, 2.24) is 0 Å². The molecule has 0 radical (unpaired) electrons. The van der Waals surface area contributed by atoms with Crippen molar-refractivity contribution in [1.29, 1.82) is 0 Å². The Morgan fingerprint density at radius 2 is 1.47 bits per heavy atom. The third kappa shape index (κ3) is 1.09. The summed E-state index contributed by atoms with van der Waals surface area (Å²) in [7, 11) is 0. The lowest BCUT2D eigenvalue weighted by Crippen LogP contribution is -2.56. The van der Waals surface area contributed by atoms with E-state index in [0.29, 0.717) is 24.7 Å². The summed E-state index contributed by atoms with van der Waals surface area (Å²) in [5.41, 5.74) is 0.511. The van der Waals surface area contributed by atoms with Crippen molar-refractivity contribution < 1.29 is 14.5 Å². The van der Waals surface area contributed by atoms with Gasteiger partial charge in [0.25, 0.3) is 0 Å². The highest BCUT2D eigenvalue weighted by Gasteiger charge is 2.73. The normalized spacial score (nSPS) is 63.5. The minimum atomic E-state index is 0.0568. The molecule has 0 aromatic carbocycles. The van der Waals surface area contributed by atoms with Crippen LogP contribution in [0.5, 0.6) is 0 Å². The SMILES string of the molecule is C1C2CC3CC1CC([C@@]14COOC[C@@H]1O4)(C2)C3. The van der Waals surface area contributed by atoms with Gasteiger partial charge < -0.3 is 4.74 Å². The topological polar surface area (TPSA) is 31.0 Å². The molecule has 0 aromatic rings.